The maximum atomic E-state index is 12.8. The van der Waals surface area contributed by atoms with Crippen LogP contribution in [0.3, 0.4) is 0 Å². The molecule has 2 heterocycles. The van der Waals surface area contributed by atoms with Crippen molar-refractivity contribution in [1.29, 1.82) is 5.26 Å². The van der Waals surface area contributed by atoms with E-state index in [1.807, 2.05) is 17.7 Å². The van der Waals surface area contributed by atoms with E-state index >= 15 is 0 Å². The van der Waals surface area contributed by atoms with E-state index in [9.17, 15) is 10.1 Å². The first-order valence-corrected chi connectivity index (χ1v) is 14.0. The SMILES string of the molecule is Cn1c(SCC(=O)Nc2sc3c(c2C#N)CCC(C(C)(C)C)C3)nnc1C1CC1c1ccccc1. The van der Waals surface area contributed by atoms with Crippen LogP contribution in [0.25, 0.3) is 0 Å². The second-order valence-electron chi connectivity index (χ2n) is 10.7. The van der Waals surface area contributed by atoms with Crippen molar-refractivity contribution in [1.82, 2.24) is 14.8 Å². The van der Waals surface area contributed by atoms with Crippen LogP contribution in [-0.2, 0) is 24.7 Å². The molecule has 1 N–H and O–H groups in total. The Kier molecular flexibility index (Phi) is 6.49. The summed E-state index contributed by atoms with van der Waals surface area (Å²) in [6.45, 7) is 6.85. The van der Waals surface area contributed by atoms with Crippen LogP contribution in [0.4, 0.5) is 5.00 Å². The number of carbonyl (C=O) groups excluding carboxylic acids is 1. The Labute approximate surface area is 215 Å². The van der Waals surface area contributed by atoms with Crippen LogP contribution in [0.15, 0.2) is 35.5 Å². The molecule has 1 saturated carbocycles. The van der Waals surface area contributed by atoms with Gasteiger partial charge in [0.15, 0.2) is 5.16 Å². The number of nitriles is 1. The van der Waals surface area contributed by atoms with Gasteiger partial charge in [0.1, 0.15) is 16.9 Å². The first-order valence-electron chi connectivity index (χ1n) is 12.2. The van der Waals surface area contributed by atoms with Gasteiger partial charge in [-0.05, 0) is 54.1 Å². The lowest BCUT2D eigenvalue weighted by molar-refractivity contribution is -0.113. The standard InChI is InChI=1S/C27H31N5OS2/c1-27(2,3)17-10-11-18-21(14-28)25(35-22(18)12-17)29-23(33)15-34-26-31-30-24(32(26)4)20-13-19(20)16-8-6-5-7-9-16/h5-9,17,19-20H,10-13,15H2,1-4H3,(H,29,33). The van der Waals surface area contributed by atoms with Crippen molar-refractivity contribution in [3.05, 3.63) is 57.7 Å². The largest absolute Gasteiger partial charge is 0.316 e. The molecule has 182 valence electrons. The number of aromatic nitrogens is 3. The summed E-state index contributed by atoms with van der Waals surface area (Å²) in [6, 6.07) is 12.9. The Balaban J connectivity index is 1.21. The smallest absolute Gasteiger partial charge is 0.235 e. The van der Waals surface area contributed by atoms with Gasteiger partial charge < -0.3 is 9.88 Å². The molecule has 3 unspecified atom stereocenters. The van der Waals surface area contributed by atoms with Gasteiger partial charge in [-0.2, -0.15) is 5.26 Å². The number of hydrogen-bond acceptors (Lipinski definition) is 6. The predicted molar refractivity (Wildman–Crippen MR) is 141 cm³/mol. The fourth-order valence-electron chi connectivity index (χ4n) is 5.15. The van der Waals surface area contributed by atoms with Crippen molar-refractivity contribution in [2.45, 2.75) is 63.4 Å². The summed E-state index contributed by atoms with van der Waals surface area (Å²) in [7, 11) is 1.97. The van der Waals surface area contributed by atoms with Gasteiger partial charge >= 0.3 is 0 Å². The number of benzene rings is 1. The minimum absolute atomic E-state index is 0.115. The van der Waals surface area contributed by atoms with E-state index in [1.54, 1.807) is 11.3 Å². The molecule has 0 radical (unpaired) electrons. The summed E-state index contributed by atoms with van der Waals surface area (Å²) in [5.74, 6) is 2.57. The number of amides is 1. The third kappa shape index (κ3) is 4.89. The van der Waals surface area contributed by atoms with Gasteiger partial charge in [-0.1, -0.05) is 62.9 Å². The summed E-state index contributed by atoms with van der Waals surface area (Å²) in [6.07, 6.45) is 4.06. The molecule has 0 spiro atoms. The second-order valence-corrected chi connectivity index (χ2v) is 12.8. The van der Waals surface area contributed by atoms with Crippen LogP contribution < -0.4 is 5.32 Å². The minimum atomic E-state index is -0.115. The number of hydrogen-bond donors (Lipinski definition) is 1. The molecule has 1 amide bonds. The van der Waals surface area contributed by atoms with Gasteiger partial charge in [-0.3, -0.25) is 4.79 Å². The number of fused-ring (bicyclic) bond motifs is 1. The molecule has 2 aliphatic rings. The average Bonchev–Trinajstić information content (AvgIpc) is 3.42. The van der Waals surface area contributed by atoms with Crippen LogP contribution >= 0.6 is 23.1 Å². The van der Waals surface area contributed by atoms with Gasteiger partial charge in [0, 0.05) is 17.8 Å². The molecular formula is C27H31N5OS2. The predicted octanol–water partition coefficient (Wildman–Crippen LogP) is 5.90. The molecule has 3 atom stereocenters. The molecule has 1 aromatic carbocycles. The van der Waals surface area contributed by atoms with Crippen LogP contribution in [0.5, 0.6) is 0 Å². The first kappa shape index (κ1) is 24.1. The monoisotopic (exact) mass is 505 g/mol. The molecule has 6 nitrogen and oxygen atoms in total. The zero-order valence-electron chi connectivity index (χ0n) is 20.7. The number of nitrogens with zero attached hydrogens (tertiary/aromatic N) is 4. The molecule has 3 aromatic rings. The van der Waals surface area contributed by atoms with Crippen molar-refractivity contribution in [3.8, 4) is 6.07 Å². The Morgan fingerprint density at radius 3 is 2.74 bits per heavy atom. The van der Waals surface area contributed by atoms with Gasteiger partial charge in [0.05, 0.1) is 11.3 Å². The molecule has 8 heteroatoms. The van der Waals surface area contributed by atoms with E-state index in [0.29, 0.717) is 28.3 Å². The molecule has 35 heavy (non-hydrogen) atoms. The van der Waals surface area contributed by atoms with Crippen molar-refractivity contribution >= 4 is 34.0 Å². The molecule has 1 fully saturated rings. The second kappa shape index (κ2) is 9.44. The molecule has 0 saturated heterocycles. The highest BCUT2D eigenvalue weighted by Crippen LogP contribution is 2.54. The average molecular weight is 506 g/mol. The van der Waals surface area contributed by atoms with Crippen molar-refractivity contribution in [2.24, 2.45) is 18.4 Å². The molecule has 2 aliphatic carbocycles. The molecule has 0 aliphatic heterocycles. The van der Waals surface area contributed by atoms with E-state index in [-0.39, 0.29) is 17.1 Å². The number of rotatable bonds is 6. The third-order valence-electron chi connectivity index (χ3n) is 7.41. The van der Waals surface area contributed by atoms with E-state index in [2.05, 4.69) is 66.6 Å². The fourth-order valence-corrected chi connectivity index (χ4v) is 7.16. The fraction of sp³-hybridized carbons (Fsp3) is 0.481. The number of nitrogens with one attached hydrogen (secondary N) is 1. The van der Waals surface area contributed by atoms with Gasteiger partial charge in [-0.15, -0.1) is 21.5 Å². The zero-order valence-corrected chi connectivity index (χ0v) is 22.3. The lowest BCUT2D eigenvalue weighted by Crippen LogP contribution is -2.26. The van der Waals surface area contributed by atoms with Gasteiger partial charge in [-0.25, -0.2) is 0 Å². The molecular weight excluding hydrogens is 474 g/mol. The number of thiophene rings is 1. The van der Waals surface area contributed by atoms with Crippen LogP contribution in [0, 0.1) is 22.7 Å². The van der Waals surface area contributed by atoms with Crippen molar-refractivity contribution in [2.75, 3.05) is 11.1 Å². The Morgan fingerprint density at radius 2 is 2.03 bits per heavy atom. The summed E-state index contributed by atoms with van der Waals surface area (Å²) >= 11 is 2.97. The van der Waals surface area contributed by atoms with Gasteiger partial charge in [0.25, 0.3) is 0 Å². The first-order chi connectivity index (χ1) is 16.8. The third-order valence-corrected chi connectivity index (χ3v) is 9.60. The highest BCUT2D eigenvalue weighted by Gasteiger charge is 2.43. The number of anilines is 1. The van der Waals surface area contributed by atoms with Crippen LogP contribution in [0.1, 0.15) is 72.8 Å². The van der Waals surface area contributed by atoms with Gasteiger partial charge in [0.2, 0.25) is 5.91 Å². The summed E-state index contributed by atoms with van der Waals surface area (Å²) in [4.78, 5) is 14.1. The summed E-state index contributed by atoms with van der Waals surface area (Å²) in [5.41, 5.74) is 3.37. The van der Waals surface area contributed by atoms with E-state index in [1.165, 1.54) is 22.2 Å². The number of thioether (sulfide) groups is 1. The van der Waals surface area contributed by atoms with Crippen LogP contribution in [-0.4, -0.2) is 26.4 Å². The molecule has 2 aromatic heterocycles. The lowest BCUT2D eigenvalue weighted by atomic mass is 9.72. The Bertz CT molecular complexity index is 1280. The zero-order chi connectivity index (χ0) is 24.7. The van der Waals surface area contributed by atoms with E-state index in [4.69, 9.17) is 0 Å². The summed E-state index contributed by atoms with van der Waals surface area (Å²) in [5, 5.41) is 23.0. The Hall–Kier alpha value is -2.63. The van der Waals surface area contributed by atoms with Crippen molar-refractivity contribution in [3.63, 3.8) is 0 Å². The van der Waals surface area contributed by atoms with Crippen LogP contribution in [0.2, 0.25) is 0 Å². The normalized spacial score (nSPS) is 21.3. The minimum Gasteiger partial charge on any atom is -0.316 e. The topological polar surface area (TPSA) is 83.6 Å². The molecule has 0 bridgehead atoms. The van der Waals surface area contributed by atoms with E-state index < -0.39 is 0 Å². The highest BCUT2D eigenvalue weighted by molar-refractivity contribution is 7.99. The van der Waals surface area contributed by atoms with E-state index in [0.717, 1.165) is 42.2 Å². The van der Waals surface area contributed by atoms with Crippen molar-refractivity contribution < 1.29 is 4.79 Å². The number of carbonyl (C=O) groups is 1. The maximum Gasteiger partial charge on any atom is 0.235 e. The molecule has 5 rings (SSSR count). The highest BCUT2D eigenvalue weighted by atomic mass is 32.2. The Morgan fingerprint density at radius 1 is 1.26 bits per heavy atom. The quantitative estimate of drug-likeness (QED) is 0.422. The maximum absolute atomic E-state index is 12.8. The summed E-state index contributed by atoms with van der Waals surface area (Å²) < 4.78 is 2.02. The lowest BCUT2D eigenvalue weighted by Gasteiger charge is -2.33.